The molecule has 5 aliphatic rings. The Hall–Kier alpha value is -2.92. The van der Waals surface area contributed by atoms with Gasteiger partial charge < -0.3 is 4.74 Å². The van der Waals surface area contributed by atoms with E-state index in [9.17, 15) is 14.4 Å². The van der Waals surface area contributed by atoms with Crippen LogP contribution in [0, 0.1) is 35.5 Å². The van der Waals surface area contributed by atoms with Gasteiger partial charge in [-0.3, -0.25) is 19.3 Å². The number of carbonyl (C=O) groups is 3. The molecule has 0 N–H and O–H groups in total. The van der Waals surface area contributed by atoms with Gasteiger partial charge in [-0.25, -0.2) is 0 Å². The first-order valence-corrected chi connectivity index (χ1v) is 11.0. The minimum absolute atomic E-state index is 0.0792. The Balaban J connectivity index is 1.16. The zero-order valence-electron chi connectivity index (χ0n) is 16.6. The smallest absolute Gasteiger partial charge is 0.238 e. The summed E-state index contributed by atoms with van der Waals surface area (Å²) in [5.74, 6) is 1.33. The molecule has 6 heteroatoms. The Kier molecular flexibility index (Phi) is 4.12. The van der Waals surface area contributed by atoms with Crippen molar-refractivity contribution in [2.45, 2.75) is 6.42 Å². The molecule has 0 spiro atoms. The second kappa shape index (κ2) is 6.79. The molecule has 31 heavy (non-hydrogen) atoms. The highest BCUT2D eigenvalue weighted by atomic mass is 35.5. The van der Waals surface area contributed by atoms with Crippen LogP contribution in [0.2, 0.25) is 5.02 Å². The van der Waals surface area contributed by atoms with E-state index < -0.39 is 0 Å². The molecule has 2 saturated carbocycles. The Labute approximate surface area is 184 Å². The Morgan fingerprint density at radius 3 is 2.23 bits per heavy atom. The molecule has 2 aromatic carbocycles. The van der Waals surface area contributed by atoms with Gasteiger partial charge in [-0.2, -0.15) is 0 Å². The van der Waals surface area contributed by atoms with Gasteiger partial charge in [0.2, 0.25) is 11.8 Å². The van der Waals surface area contributed by atoms with Gasteiger partial charge >= 0.3 is 0 Å². The number of amides is 2. The van der Waals surface area contributed by atoms with Crippen molar-refractivity contribution in [3.63, 3.8) is 0 Å². The lowest BCUT2D eigenvalue weighted by atomic mass is 9.63. The standard InChI is InChI=1S/C25H20ClNO4/c26-14-3-1-2-13(10-14)21(28)12-31-16-6-4-15(5-7-16)27-24(29)22-17-8-9-18(20-11-19(17)20)23(22)25(27)30/h1-10,17-20,22-23H,11-12H2/t17-,18?,19?,20-,22-,23+/m0/s1. The van der Waals surface area contributed by atoms with Crippen molar-refractivity contribution >= 4 is 34.9 Å². The lowest BCUT2D eigenvalue weighted by Crippen LogP contribution is -2.40. The third-order valence-corrected chi connectivity index (χ3v) is 7.51. The summed E-state index contributed by atoms with van der Waals surface area (Å²) in [5, 5.41) is 0.497. The molecule has 2 aromatic rings. The SMILES string of the molecule is O=C(COc1ccc(N2C(=O)[C@@H]3[C@H](C2=O)C2C=C[C@H]3C3C[C@@H]23)cc1)c1cccc(Cl)c1. The number of benzene rings is 2. The molecule has 1 heterocycles. The van der Waals surface area contributed by atoms with Crippen molar-refractivity contribution in [2.24, 2.45) is 35.5 Å². The number of halogens is 1. The van der Waals surface area contributed by atoms with Gasteiger partial charge in [0.1, 0.15) is 5.75 Å². The van der Waals surface area contributed by atoms with Crippen LogP contribution >= 0.6 is 11.6 Å². The van der Waals surface area contributed by atoms with E-state index in [1.807, 2.05) is 0 Å². The molecular formula is C25H20ClNO4. The highest BCUT2D eigenvalue weighted by Crippen LogP contribution is 2.65. The topological polar surface area (TPSA) is 63.7 Å². The number of carbonyl (C=O) groups excluding carboxylic acids is 3. The predicted molar refractivity (Wildman–Crippen MR) is 115 cm³/mol. The van der Waals surface area contributed by atoms with Crippen molar-refractivity contribution in [3.05, 3.63) is 71.3 Å². The first-order valence-electron chi connectivity index (χ1n) is 10.6. The summed E-state index contributed by atoms with van der Waals surface area (Å²) in [6, 6.07) is 13.5. The van der Waals surface area contributed by atoms with Gasteiger partial charge in [0.05, 0.1) is 17.5 Å². The zero-order chi connectivity index (χ0) is 21.3. The fourth-order valence-corrected chi connectivity index (χ4v) is 5.99. The summed E-state index contributed by atoms with van der Waals surface area (Å²) in [5.41, 5.74) is 1.05. The molecule has 156 valence electrons. The number of hydrogen-bond donors (Lipinski definition) is 0. The van der Waals surface area contributed by atoms with Crippen LogP contribution in [0.3, 0.4) is 0 Å². The van der Waals surface area contributed by atoms with Crippen molar-refractivity contribution < 1.29 is 19.1 Å². The quantitative estimate of drug-likeness (QED) is 0.403. The van der Waals surface area contributed by atoms with Crippen LogP contribution in [-0.4, -0.2) is 24.2 Å². The summed E-state index contributed by atoms with van der Waals surface area (Å²) >= 11 is 5.93. The molecule has 2 bridgehead atoms. The average molecular weight is 434 g/mol. The van der Waals surface area contributed by atoms with Crippen LogP contribution in [0.1, 0.15) is 16.8 Å². The molecule has 2 amide bonds. The van der Waals surface area contributed by atoms with Gasteiger partial charge in [-0.15, -0.1) is 0 Å². The van der Waals surface area contributed by atoms with Gasteiger partial charge in [0.25, 0.3) is 0 Å². The van der Waals surface area contributed by atoms with E-state index >= 15 is 0 Å². The van der Waals surface area contributed by atoms with E-state index in [4.69, 9.17) is 16.3 Å². The zero-order valence-corrected chi connectivity index (χ0v) is 17.4. The number of allylic oxidation sites excluding steroid dienone is 2. The van der Waals surface area contributed by atoms with Crippen molar-refractivity contribution in [2.75, 3.05) is 11.5 Å². The maximum atomic E-state index is 13.2. The van der Waals surface area contributed by atoms with Crippen LogP contribution in [0.4, 0.5) is 5.69 Å². The first-order chi connectivity index (χ1) is 15.0. The van der Waals surface area contributed by atoms with Gasteiger partial charge in [0.15, 0.2) is 12.4 Å². The number of ketones is 1. The fourth-order valence-electron chi connectivity index (χ4n) is 5.80. The summed E-state index contributed by atoms with van der Waals surface area (Å²) in [6.45, 7) is -0.122. The van der Waals surface area contributed by atoms with E-state index in [1.54, 1.807) is 48.5 Å². The van der Waals surface area contributed by atoms with E-state index in [-0.39, 0.29) is 47.9 Å². The highest BCUT2D eigenvalue weighted by Gasteiger charge is 2.67. The maximum absolute atomic E-state index is 13.2. The molecule has 5 nitrogen and oxygen atoms in total. The number of Topliss-reactive ketones (excluding diaryl/α,β-unsaturated/α-hetero) is 1. The molecule has 0 radical (unpaired) electrons. The largest absolute Gasteiger partial charge is 0.485 e. The van der Waals surface area contributed by atoms with Gasteiger partial charge in [-0.1, -0.05) is 35.9 Å². The number of imide groups is 1. The van der Waals surface area contributed by atoms with Crippen molar-refractivity contribution in [1.29, 1.82) is 0 Å². The lowest BCUT2D eigenvalue weighted by Gasteiger charge is -2.37. The number of ether oxygens (including phenoxy) is 1. The summed E-state index contributed by atoms with van der Waals surface area (Å²) in [6.07, 6.45) is 5.49. The summed E-state index contributed by atoms with van der Waals surface area (Å²) < 4.78 is 5.60. The second-order valence-electron chi connectivity index (χ2n) is 8.88. The minimum atomic E-state index is -0.211. The number of anilines is 1. The molecule has 4 aliphatic carbocycles. The molecule has 1 saturated heterocycles. The van der Waals surface area contributed by atoms with Crippen LogP contribution in [0.15, 0.2) is 60.7 Å². The third kappa shape index (κ3) is 2.87. The van der Waals surface area contributed by atoms with Gasteiger partial charge in [-0.05, 0) is 66.5 Å². The normalized spacial score (nSPS) is 32.1. The average Bonchev–Trinajstić information content (AvgIpc) is 3.56. The predicted octanol–water partition coefficient (Wildman–Crippen LogP) is 4.16. The second-order valence-corrected chi connectivity index (χ2v) is 9.32. The third-order valence-electron chi connectivity index (χ3n) is 7.27. The van der Waals surface area contributed by atoms with Crippen LogP contribution in [-0.2, 0) is 9.59 Å². The Morgan fingerprint density at radius 1 is 0.968 bits per heavy atom. The summed E-state index contributed by atoms with van der Waals surface area (Å²) in [4.78, 5) is 40.0. The Bertz CT molecular complexity index is 1100. The molecule has 1 aliphatic heterocycles. The number of rotatable bonds is 5. The van der Waals surface area contributed by atoms with E-state index in [2.05, 4.69) is 12.2 Å². The van der Waals surface area contributed by atoms with E-state index in [0.29, 0.717) is 33.9 Å². The molecule has 6 atom stereocenters. The highest BCUT2D eigenvalue weighted by molar-refractivity contribution is 6.31. The number of nitrogens with zero attached hydrogens (tertiary/aromatic N) is 1. The molecule has 7 rings (SSSR count). The van der Waals surface area contributed by atoms with Crippen molar-refractivity contribution in [3.8, 4) is 5.75 Å². The lowest BCUT2D eigenvalue weighted by molar-refractivity contribution is -0.124. The molecule has 0 aromatic heterocycles. The van der Waals surface area contributed by atoms with Crippen LogP contribution < -0.4 is 9.64 Å². The minimum Gasteiger partial charge on any atom is -0.485 e. The van der Waals surface area contributed by atoms with Gasteiger partial charge in [0, 0.05) is 10.6 Å². The maximum Gasteiger partial charge on any atom is 0.238 e. The van der Waals surface area contributed by atoms with E-state index in [0.717, 1.165) is 6.42 Å². The molecule has 2 unspecified atom stereocenters. The monoisotopic (exact) mass is 433 g/mol. The summed E-state index contributed by atoms with van der Waals surface area (Å²) in [7, 11) is 0. The van der Waals surface area contributed by atoms with E-state index in [1.165, 1.54) is 4.90 Å². The molecular weight excluding hydrogens is 414 g/mol. The Morgan fingerprint density at radius 2 is 1.61 bits per heavy atom. The molecule has 3 fully saturated rings. The van der Waals surface area contributed by atoms with Crippen molar-refractivity contribution in [1.82, 2.24) is 0 Å². The number of hydrogen-bond acceptors (Lipinski definition) is 4. The van der Waals surface area contributed by atoms with Crippen LogP contribution in [0.25, 0.3) is 0 Å². The first kappa shape index (κ1) is 18.8. The fraction of sp³-hybridized carbons (Fsp3) is 0.320. The van der Waals surface area contributed by atoms with Crippen LogP contribution in [0.5, 0.6) is 5.75 Å².